The number of hydrogen-bond donors (Lipinski definition) is 0. The van der Waals surface area contributed by atoms with Crippen LogP contribution in [0.4, 0.5) is 0 Å². The summed E-state index contributed by atoms with van der Waals surface area (Å²) in [5.41, 5.74) is 2.26. The molecular formula is C16H23NO5S. The molecule has 1 aromatic carbocycles. The molecular weight excluding hydrogens is 318 g/mol. The minimum absolute atomic E-state index is 0.313. The van der Waals surface area contributed by atoms with E-state index in [4.69, 9.17) is 14.2 Å². The SMILES string of the molecule is COc1cc2c(cc1OC)CCN(S(=O)(=O)C1CCOC1)CC2. The first-order valence-electron chi connectivity index (χ1n) is 7.86. The molecule has 1 aromatic rings. The summed E-state index contributed by atoms with van der Waals surface area (Å²) in [6.45, 7) is 1.85. The third-order valence-corrected chi connectivity index (χ3v) is 6.94. The summed E-state index contributed by atoms with van der Waals surface area (Å²) in [6, 6.07) is 3.92. The number of nitrogens with zero attached hydrogens (tertiary/aromatic N) is 1. The van der Waals surface area contributed by atoms with Crippen molar-refractivity contribution in [1.29, 1.82) is 0 Å². The molecule has 7 heteroatoms. The van der Waals surface area contributed by atoms with Crippen molar-refractivity contribution in [2.45, 2.75) is 24.5 Å². The van der Waals surface area contributed by atoms with Crippen molar-refractivity contribution in [3.05, 3.63) is 23.3 Å². The van der Waals surface area contributed by atoms with Crippen molar-refractivity contribution in [3.63, 3.8) is 0 Å². The molecule has 0 saturated carbocycles. The van der Waals surface area contributed by atoms with E-state index >= 15 is 0 Å². The van der Waals surface area contributed by atoms with Gasteiger partial charge in [-0.15, -0.1) is 0 Å². The summed E-state index contributed by atoms with van der Waals surface area (Å²) in [7, 11) is -0.0705. The lowest BCUT2D eigenvalue weighted by Crippen LogP contribution is -2.40. The molecule has 2 aliphatic heterocycles. The molecule has 0 radical (unpaired) electrons. The van der Waals surface area contributed by atoms with Crippen LogP contribution in [0.3, 0.4) is 0 Å². The van der Waals surface area contributed by atoms with Crippen molar-refractivity contribution in [2.75, 3.05) is 40.5 Å². The van der Waals surface area contributed by atoms with Crippen LogP contribution < -0.4 is 9.47 Å². The quantitative estimate of drug-likeness (QED) is 0.824. The number of ether oxygens (including phenoxy) is 3. The monoisotopic (exact) mass is 341 g/mol. The minimum Gasteiger partial charge on any atom is -0.493 e. The summed E-state index contributed by atoms with van der Waals surface area (Å²) in [5, 5.41) is -0.396. The largest absolute Gasteiger partial charge is 0.493 e. The smallest absolute Gasteiger partial charge is 0.219 e. The van der Waals surface area contributed by atoms with Crippen LogP contribution in [0.25, 0.3) is 0 Å². The summed E-state index contributed by atoms with van der Waals surface area (Å²) >= 11 is 0. The fourth-order valence-corrected chi connectivity index (χ4v) is 5.02. The Morgan fingerprint density at radius 2 is 1.65 bits per heavy atom. The summed E-state index contributed by atoms with van der Waals surface area (Å²) < 4.78 is 43.0. The predicted octanol–water partition coefficient (Wildman–Crippen LogP) is 1.22. The number of fused-ring (bicyclic) bond motifs is 1. The second kappa shape index (κ2) is 6.67. The van der Waals surface area contributed by atoms with E-state index in [1.165, 1.54) is 0 Å². The van der Waals surface area contributed by atoms with E-state index in [0.29, 0.717) is 57.1 Å². The Morgan fingerprint density at radius 3 is 2.09 bits per heavy atom. The van der Waals surface area contributed by atoms with Gasteiger partial charge in [-0.1, -0.05) is 0 Å². The number of sulfonamides is 1. The highest BCUT2D eigenvalue weighted by Gasteiger charge is 2.35. The van der Waals surface area contributed by atoms with Gasteiger partial charge in [0, 0.05) is 19.7 Å². The Labute approximate surface area is 137 Å². The molecule has 0 bridgehead atoms. The van der Waals surface area contributed by atoms with Crippen molar-refractivity contribution >= 4 is 10.0 Å². The zero-order chi connectivity index (χ0) is 16.4. The van der Waals surface area contributed by atoms with Gasteiger partial charge in [0.15, 0.2) is 11.5 Å². The maximum Gasteiger partial charge on any atom is 0.219 e. The molecule has 2 heterocycles. The Kier molecular flexibility index (Phi) is 4.79. The Balaban J connectivity index is 1.82. The van der Waals surface area contributed by atoms with Crippen molar-refractivity contribution in [3.8, 4) is 11.5 Å². The predicted molar refractivity (Wildman–Crippen MR) is 86.7 cm³/mol. The van der Waals surface area contributed by atoms with E-state index in [1.54, 1.807) is 18.5 Å². The number of methoxy groups -OCH3 is 2. The Hall–Kier alpha value is -1.31. The van der Waals surface area contributed by atoms with E-state index in [2.05, 4.69) is 0 Å². The molecule has 2 aliphatic rings. The molecule has 0 aromatic heterocycles. The maximum atomic E-state index is 12.7. The van der Waals surface area contributed by atoms with Gasteiger partial charge in [-0.2, -0.15) is 0 Å². The van der Waals surface area contributed by atoms with Gasteiger partial charge in [0.2, 0.25) is 10.0 Å². The third-order valence-electron chi connectivity index (χ3n) is 4.64. The number of benzene rings is 1. The first-order chi connectivity index (χ1) is 11.1. The molecule has 1 unspecified atom stereocenters. The molecule has 1 saturated heterocycles. The van der Waals surface area contributed by atoms with E-state index < -0.39 is 15.3 Å². The van der Waals surface area contributed by atoms with E-state index in [-0.39, 0.29) is 0 Å². The first-order valence-corrected chi connectivity index (χ1v) is 9.37. The van der Waals surface area contributed by atoms with Crippen molar-refractivity contribution in [1.82, 2.24) is 4.31 Å². The van der Waals surface area contributed by atoms with Gasteiger partial charge in [-0.05, 0) is 42.5 Å². The fraction of sp³-hybridized carbons (Fsp3) is 0.625. The van der Waals surface area contributed by atoms with Gasteiger partial charge < -0.3 is 14.2 Å². The highest BCUT2D eigenvalue weighted by atomic mass is 32.2. The zero-order valence-corrected chi connectivity index (χ0v) is 14.4. The van der Waals surface area contributed by atoms with Crippen LogP contribution in [0.1, 0.15) is 17.5 Å². The lowest BCUT2D eigenvalue weighted by Gasteiger charge is -2.23. The summed E-state index contributed by atoms with van der Waals surface area (Å²) in [6.07, 6.45) is 1.96. The second-order valence-corrected chi connectivity index (χ2v) is 8.12. The third kappa shape index (κ3) is 3.18. The van der Waals surface area contributed by atoms with Gasteiger partial charge in [-0.3, -0.25) is 0 Å². The van der Waals surface area contributed by atoms with Gasteiger partial charge >= 0.3 is 0 Å². The molecule has 0 aliphatic carbocycles. The van der Waals surface area contributed by atoms with Crippen LogP contribution in [0.2, 0.25) is 0 Å². The van der Waals surface area contributed by atoms with Crippen LogP contribution >= 0.6 is 0 Å². The van der Waals surface area contributed by atoms with Crippen LogP contribution in [0.5, 0.6) is 11.5 Å². The van der Waals surface area contributed by atoms with E-state index in [0.717, 1.165) is 11.1 Å². The first kappa shape index (κ1) is 16.5. The maximum absolute atomic E-state index is 12.7. The Bertz CT molecular complexity index is 632. The van der Waals surface area contributed by atoms with Gasteiger partial charge in [0.1, 0.15) is 5.25 Å². The molecule has 0 N–H and O–H groups in total. The molecule has 3 rings (SSSR count). The fourth-order valence-electron chi connectivity index (χ4n) is 3.24. The lowest BCUT2D eigenvalue weighted by atomic mass is 10.0. The molecule has 23 heavy (non-hydrogen) atoms. The zero-order valence-electron chi connectivity index (χ0n) is 13.6. The highest BCUT2D eigenvalue weighted by Crippen LogP contribution is 2.33. The normalized spacial score (nSPS) is 22.4. The van der Waals surface area contributed by atoms with Crippen LogP contribution in [0, 0.1) is 0 Å². The molecule has 1 fully saturated rings. The van der Waals surface area contributed by atoms with Crippen LogP contribution in [-0.4, -0.2) is 58.5 Å². The van der Waals surface area contributed by atoms with E-state index in [1.807, 2.05) is 12.1 Å². The molecule has 0 amide bonds. The Morgan fingerprint density at radius 1 is 1.09 bits per heavy atom. The van der Waals surface area contributed by atoms with Crippen molar-refractivity contribution in [2.24, 2.45) is 0 Å². The number of rotatable bonds is 4. The second-order valence-electron chi connectivity index (χ2n) is 5.91. The van der Waals surface area contributed by atoms with Crippen LogP contribution in [0.15, 0.2) is 12.1 Å². The molecule has 6 nitrogen and oxygen atoms in total. The van der Waals surface area contributed by atoms with Crippen molar-refractivity contribution < 1.29 is 22.6 Å². The number of hydrogen-bond acceptors (Lipinski definition) is 5. The van der Waals surface area contributed by atoms with E-state index in [9.17, 15) is 8.42 Å². The molecule has 1 atom stereocenters. The van der Waals surface area contributed by atoms with Gasteiger partial charge in [0.05, 0.1) is 20.8 Å². The highest BCUT2D eigenvalue weighted by molar-refractivity contribution is 7.89. The van der Waals surface area contributed by atoms with Crippen LogP contribution in [-0.2, 0) is 27.6 Å². The topological polar surface area (TPSA) is 65.1 Å². The summed E-state index contributed by atoms with van der Waals surface area (Å²) in [4.78, 5) is 0. The summed E-state index contributed by atoms with van der Waals surface area (Å²) in [5.74, 6) is 1.37. The standard InChI is InChI=1S/C16H23NO5S/c1-20-15-9-12-3-6-17(7-4-13(12)10-16(15)21-2)23(18,19)14-5-8-22-11-14/h9-10,14H,3-8,11H2,1-2H3. The average Bonchev–Trinajstić information content (AvgIpc) is 3.02. The van der Waals surface area contributed by atoms with Gasteiger partial charge in [-0.25, -0.2) is 12.7 Å². The van der Waals surface area contributed by atoms with Gasteiger partial charge in [0.25, 0.3) is 0 Å². The average molecular weight is 341 g/mol. The molecule has 0 spiro atoms. The minimum atomic E-state index is -3.29. The lowest BCUT2D eigenvalue weighted by molar-refractivity contribution is 0.198. The molecule has 128 valence electrons.